The first-order valence-corrected chi connectivity index (χ1v) is 3.68. The molecule has 0 amide bonds. The molecule has 0 aromatic carbocycles. The maximum absolute atomic E-state index is 9.95. The summed E-state index contributed by atoms with van der Waals surface area (Å²) in [4.78, 5) is 0. The second-order valence-corrected chi connectivity index (χ2v) is 2.06. The average Bonchev–Trinajstić information content (AvgIpc) is 1.97. The molecule has 1 radical (unpaired) electrons. The predicted octanol–water partition coefficient (Wildman–Crippen LogP) is 1.79. The van der Waals surface area contributed by atoms with Gasteiger partial charge < -0.3 is 4.74 Å². The van der Waals surface area contributed by atoms with Crippen LogP contribution in [0.5, 0.6) is 0 Å². The summed E-state index contributed by atoms with van der Waals surface area (Å²) in [5, 5.41) is 9.95. The van der Waals surface area contributed by atoms with Crippen molar-refractivity contribution in [3.05, 3.63) is 12.2 Å². The molecule has 0 saturated heterocycles. The van der Waals surface area contributed by atoms with Crippen molar-refractivity contribution in [1.82, 2.24) is 0 Å². The monoisotopic (exact) mass is 143 g/mol. The van der Waals surface area contributed by atoms with Crippen molar-refractivity contribution in [2.24, 2.45) is 0 Å². The van der Waals surface area contributed by atoms with Gasteiger partial charge in [0, 0.05) is 6.61 Å². The first-order chi connectivity index (χ1) is 4.91. The SMILES string of the molecule is C/C=C/COCCCC[O]. The molecule has 0 unspecified atom stereocenters. The van der Waals surface area contributed by atoms with Gasteiger partial charge in [0.25, 0.3) is 0 Å². The lowest BCUT2D eigenvalue weighted by Gasteiger charge is -1.97. The molecule has 59 valence electrons. The number of hydrogen-bond acceptors (Lipinski definition) is 1. The summed E-state index contributed by atoms with van der Waals surface area (Å²) in [7, 11) is 0. The van der Waals surface area contributed by atoms with Crippen molar-refractivity contribution < 1.29 is 9.84 Å². The van der Waals surface area contributed by atoms with Crippen LogP contribution in [0.15, 0.2) is 12.2 Å². The van der Waals surface area contributed by atoms with Crippen LogP contribution >= 0.6 is 0 Å². The van der Waals surface area contributed by atoms with E-state index in [0.29, 0.717) is 13.2 Å². The summed E-state index contributed by atoms with van der Waals surface area (Å²) in [5.41, 5.74) is 0. The van der Waals surface area contributed by atoms with Crippen LogP contribution in [0, 0.1) is 0 Å². The lowest BCUT2D eigenvalue weighted by molar-refractivity contribution is 0.136. The maximum atomic E-state index is 9.95. The predicted molar refractivity (Wildman–Crippen MR) is 40.4 cm³/mol. The molecular formula is C8H15O2. The van der Waals surface area contributed by atoms with Gasteiger partial charge in [-0.1, -0.05) is 12.2 Å². The Morgan fingerprint density at radius 2 is 2.20 bits per heavy atom. The molecule has 0 aliphatic heterocycles. The van der Waals surface area contributed by atoms with Crippen molar-refractivity contribution in [2.45, 2.75) is 19.8 Å². The quantitative estimate of drug-likeness (QED) is 0.411. The van der Waals surface area contributed by atoms with Gasteiger partial charge in [-0.3, -0.25) is 0 Å². The summed E-state index contributed by atoms with van der Waals surface area (Å²) in [5.74, 6) is 0. The van der Waals surface area contributed by atoms with Crippen molar-refractivity contribution in [2.75, 3.05) is 19.8 Å². The smallest absolute Gasteiger partial charge is 0.0823 e. The van der Waals surface area contributed by atoms with Gasteiger partial charge in [0.05, 0.1) is 13.2 Å². The molecule has 0 fully saturated rings. The molecule has 0 N–H and O–H groups in total. The molecule has 0 atom stereocenters. The van der Waals surface area contributed by atoms with E-state index in [0.717, 1.165) is 12.8 Å². The van der Waals surface area contributed by atoms with Crippen molar-refractivity contribution in [3.8, 4) is 0 Å². The third kappa shape index (κ3) is 7.66. The first-order valence-electron chi connectivity index (χ1n) is 3.68. The highest BCUT2D eigenvalue weighted by atomic mass is 16.5. The van der Waals surface area contributed by atoms with Crippen molar-refractivity contribution in [1.29, 1.82) is 0 Å². The van der Waals surface area contributed by atoms with E-state index >= 15 is 0 Å². The van der Waals surface area contributed by atoms with E-state index in [2.05, 4.69) is 0 Å². The molecule has 2 heteroatoms. The van der Waals surface area contributed by atoms with Gasteiger partial charge in [-0.25, -0.2) is 5.11 Å². The number of hydrogen-bond donors (Lipinski definition) is 0. The highest BCUT2D eigenvalue weighted by Crippen LogP contribution is 1.88. The Hall–Kier alpha value is -0.340. The summed E-state index contributed by atoms with van der Waals surface area (Å²) in [6, 6.07) is 0. The van der Waals surface area contributed by atoms with Gasteiger partial charge in [-0.2, -0.15) is 0 Å². The standard InChI is InChI=1S/C8H15O2/c1-2-3-7-10-8-5-4-6-9/h2-3H,4-8H2,1H3/b3-2+. The zero-order valence-corrected chi connectivity index (χ0v) is 6.51. The third-order valence-corrected chi connectivity index (χ3v) is 1.13. The minimum absolute atomic E-state index is 0.0208. The fourth-order valence-electron chi connectivity index (χ4n) is 0.554. The van der Waals surface area contributed by atoms with Crippen LogP contribution in [0.2, 0.25) is 0 Å². The van der Waals surface area contributed by atoms with Crippen LogP contribution in [-0.2, 0) is 9.84 Å². The fourth-order valence-corrected chi connectivity index (χ4v) is 0.554. The first kappa shape index (κ1) is 9.66. The zero-order valence-electron chi connectivity index (χ0n) is 6.51. The number of allylic oxidation sites excluding steroid dienone is 1. The van der Waals surface area contributed by atoms with Gasteiger partial charge in [0.1, 0.15) is 0 Å². The van der Waals surface area contributed by atoms with Gasteiger partial charge >= 0.3 is 0 Å². The molecule has 0 aromatic rings. The van der Waals surface area contributed by atoms with E-state index in [4.69, 9.17) is 4.74 Å². The van der Waals surface area contributed by atoms with Gasteiger partial charge in [-0.05, 0) is 19.8 Å². The maximum Gasteiger partial charge on any atom is 0.0823 e. The molecule has 2 nitrogen and oxygen atoms in total. The van der Waals surface area contributed by atoms with E-state index in [1.54, 1.807) is 0 Å². The lowest BCUT2D eigenvalue weighted by Crippen LogP contribution is -1.94. The Morgan fingerprint density at radius 1 is 1.40 bits per heavy atom. The molecule has 0 aliphatic carbocycles. The summed E-state index contributed by atoms with van der Waals surface area (Å²) in [6.07, 6.45) is 5.53. The van der Waals surface area contributed by atoms with Gasteiger partial charge in [0.2, 0.25) is 0 Å². The fraction of sp³-hybridized carbons (Fsp3) is 0.750. The highest BCUT2D eigenvalue weighted by Gasteiger charge is 1.85. The molecule has 0 rings (SSSR count). The molecule has 0 bridgehead atoms. The lowest BCUT2D eigenvalue weighted by atomic mass is 10.3. The van der Waals surface area contributed by atoms with E-state index in [-0.39, 0.29) is 6.61 Å². The minimum Gasteiger partial charge on any atom is -0.377 e. The topological polar surface area (TPSA) is 29.1 Å². The Kier molecular flexibility index (Phi) is 8.37. The molecule has 0 heterocycles. The molecule has 0 aliphatic rings. The van der Waals surface area contributed by atoms with E-state index < -0.39 is 0 Å². The normalized spacial score (nSPS) is 11.0. The summed E-state index contributed by atoms with van der Waals surface area (Å²) < 4.78 is 5.15. The molecular weight excluding hydrogens is 128 g/mol. The van der Waals surface area contributed by atoms with Crippen LogP contribution in [0.25, 0.3) is 0 Å². The van der Waals surface area contributed by atoms with E-state index in [9.17, 15) is 5.11 Å². The number of ether oxygens (including phenoxy) is 1. The molecule has 0 spiro atoms. The Bertz CT molecular complexity index is 79.3. The van der Waals surface area contributed by atoms with Gasteiger partial charge in [-0.15, -0.1) is 0 Å². The Balaban J connectivity index is 2.77. The average molecular weight is 143 g/mol. The van der Waals surface area contributed by atoms with Gasteiger partial charge in [0.15, 0.2) is 0 Å². The second-order valence-electron chi connectivity index (χ2n) is 2.06. The van der Waals surface area contributed by atoms with E-state index in [1.807, 2.05) is 19.1 Å². The number of rotatable bonds is 6. The second kappa shape index (κ2) is 8.66. The van der Waals surface area contributed by atoms with Crippen LogP contribution in [0.4, 0.5) is 0 Å². The Labute approximate surface area is 62.5 Å². The third-order valence-electron chi connectivity index (χ3n) is 1.13. The summed E-state index contributed by atoms with van der Waals surface area (Å²) in [6.45, 7) is 3.37. The van der Waals surface area contributed by atoms with Crippen LogP contribution < -0.4 is 0 Å². The van der Waals surface area contributed by atoms with Crippen LogP contribution in [0.1, 0.15) is 19.8 Å². The summed E-state index contributed by atoms with van der Waals surface area (Å²) >= 11 is 0. The Morgan fingerprint density at radius 3 is 2.80 bits per heavy atom. The van der Waals surface area contributed by atoms with E-state index in [1.165, 1.54) is 0 Å². The molecule has 0 aromatic heterocycles. The molecule has 10 heavy (non-hydrogen) atoms. The molecule has 0 saturated carbocycles. The van der Waals surface area contributed by atoms with Crippen molar-refractivity contribution >= 4 is 0 Å². The highest BCUT2D eigenvalue weighted by molar-refractivity contribution is 4.75. The van der Waals surface area contributed by atoms with Crippen LogP contribution in [-0.4, -0.2) is 19.8 Å². The largest absolute Gasteiger partial charge is 0.377 e. The zero-order chi connectivity index (χ0) is 7.66. The van der Waals surface area contributed by atoms with Crippen molar-refractivity contribution in [3.63, 3.8) is 0 Å². The minimum atomic E-state index is 0.0208. The van der Waals surface area contributed by atoms with Crippen LogP contribution in [0.3, 0.4) is 0 Å². The number of unbranched alkanes of at least 4 members (excludes halogenated alkanes) is 1.